The van der Waals surface area contributed by atoms with Gasteiger partial charge in [-0.1, -0.05) is 52.3 Å². The lowest BCUT2D eigenvalue weighted by molar-refractivity contribution is -0.105. The molecular weight excluding hydrogens is 448 g/mol. The van der Waals surface area contributed by atoms with Gasteiger partial charge in [-0.05, 0) is 82.0 Å². The predicted molar refractivity (Wildman–Crippen MR) is 154 cm³/mol. The molecule has 2 N–H and O–H groups in total. The Kier molecular flexibility index (Phi) is 14.5. The van der Waals surface area contributed by atoms with Crippen LogP contribution in [0, 0.1) is 5.92 Å². The Balaban J connectivity index is 0.000000540. The second kappa shape index (κ2) is 16.8. The van der Waals surface area contributed by atoms with Crippen LogP contribution in [-0.4, -0.2) is 53.1 Å². The number of rotatable bonds is 10. The van der Waals surface area contributed by atoms with Crippen molar-refractivity contribution in [1.82, 2.24) is 14.9 Å². The predicted octanol–water partition coefficient (Wildman–Crippen LogP) is 6.64. The number of carbonyl (C=O) groups excluding carboxylic acids is 1. The van der Waals surface area contributed by atoms with E-state index in [2.05, 4.69) is 54.7 Å². The summed E-state index contributed by atoms with van der Waals surface area (Å²) in [6.45, 7) is 15.5. The molecule has 2 aromatic rings. The van der Waals surface area contributed by atoms with E-state index in [1.54, 1.807) is 18.5 Å². The third kappa shape index (κ3) is 11.3. The first-order valence-corrected chi connectivity index (χ1v) is 13.0. The highest BCUT2D eigenvalue weighted by Crippen LogP contribution is 2.29. The monoisotopic (exact) mass is 494 g/mol. The van der Waals surface area contributed by atoms with Gasteiger partial charge < -0.3 is 15.3 Å². The van der Waals surface area contributed by atoms with E-state index in [9.17, 15) is 9.90 Å². The summed E-state index contributed by atoms with van der Waals surface area (Å²) >= 11 is 0. The Morgan fingerprint density at radius 2 is 1.81 bits per heavy atom. The Labute approximate surface area is 218 Å². The van der Waals surface area contributed by atoms with E-state index in [1.807, 2.05) is 39.0 Å². The van der Waals surface area contributed by atoms with Gasteiger partial charge in [0.25, 0.3) is 0 Å². The minimum atomic E-state index is -0.523. The number of fused-ring (bicyclic) bond motifs is 1. The van der Waals surface area contributed by atoms with Crippen LogP contribution in [0.2, 0.25) is 0 Å². The summed E-state index contributed by atoms with van der Waals surface area (Å²) in [6.07, 6.45) is 13.3. The number of aromatic nitrogens is 2. The Hall–Kier alpha value is -2.83. The van der Waals surface area contributed by atoms with Gasteiger partial charge in [-0.15, -0.1) is 0 Å². The number of allylic oxidation sites excluding steroid dienone is 3. The molecule has 0 aliphatic heterocycles. The molecule has 1 fully saturated rings. The van der Waals surface area contributed by atoms with E-state index < -0.39 is 6.10 Å². The molecule has 2 heterocycles. The lowest BCUT2D eigenvalue weighted by Crippen LogP contribution is -2.14. The largest absolute Gasteiger partial charge is 0.388 e. The standard InChI is InChI=1S/C21H25N3O2.C6H13N.C3H8/c1-5-7-20(26)15(4)8-14(3)18(6-2)19-9-16-12-23-21(24-13-25)10-17(16)11-22-19;1-7(2)5-6-3-4-6;1-3-2/h6,8-13,20,26H,4-5,7H2,1-3H3,(H,23,24,25);6H,3-5H2,1-2H3;3H2,1-2H3/b14-8-,18-6+;;. The van der Waals surface area contributed by atoms with Crippen molar-refractivity contribution in [3.05, 3.63) is 60.1 Å². The first-order valence-electron chi connectivity index (χ1n) is 13.0. The Morgan fingerprint density at radius 1 is 1.19 bits per heavy atom. The number of nitrogens with one attached hydrogen (secondary N) is 1. The number of aliphatic hydroxyl groups is 1. The molecule has 36 heavy (non-hydrogen) atoms. The van der Waals surface area contributed by atoms with Crippen molar-refractivity contribution in [1.29, 1.82) is 0 Å². The van der Waals surface area contributed by atoms with Crippen molar-refractivity contribution < 1.29 is 9.90 Å². The summed E-state index contributed by atoms with van der Waals surface area (Å²) in [7, 11) is 4.27. The van der Waals surface area contributed by atoms with Crippen molar-refractivity contribution in [3.63, 3.8) is 0 Å². The lowest BCUT2D eigenvalue weighted by atomic mass is 9.97. The van der Waals surface area contributed by atoms with Crippen LogP contribution in [0.4, 0.5) is 5.82 Å². The zero-order chi connectivity index (χ0) is 27.1. The summed E-state index contributed by atoms with van der Waals surface area (Å²) in [6, 6.07) is 3.74. The number of pyridine rings is 2. The highest BCUT2D eigenvalue weighted by molar-refractivity contribution is 5.89. The van der Waals surface area contributed by atoms with Gasteiger partial charge in [0.1, 0.15) is 5.82 Å². The fraction of sp³-hybridized carbons (Fsp3) is 0.500. The van der Waals surface area contributed by atoms with Gasteiger partial charge in [-0.2, -0.15) is 0 Å². The maximum atomic E-state index is 10.5. The van der Waals surface area contributed by atoms with Gasteiger partial charge >= 0.3 is 0 Å². The summed E-state index contributed by atoms with van der Waals surface area (Å²) in [5.41, 5.74) is 3.50. The Bertz CT molecular complexity index is 1020. The van der Waals surface area contributed by atoms with E-state index in [0.717, 1.165) is 40.0 Å². The smallest absolute Gasteiger partial charge is 0.212 e. The molecule has 0 aromatic carbocycles. The molecule has 0 saturated heterocycles. The summed E-state index contributed by atoms with van der Waals surface area (Å²) in [5, 5.41) is 14.5. The van der Waals surface area contributed by atoms with Gasteiger partial charge in [-0.3, -0.25) is 9.78 Å². The zero-order valence-corrected chi connectivity index (χ0v) is 23.3. The van der Waals surface area contributed by atoms with E-state index in [1.165, 1.54) is 25.8 Å². The molecule has 2 aromatic heterocycles. The van der Waals surface area contributed by atoms with Crippen LogP contribution >= 0.6 is 0 Å². The van der Waals surface area contributed by atoms with Gasteiger partial charge in [0, 0.05) is 29.7 Å². The molecule has 0 spiro atoms. The average molecular weight is 495 g/mol. The molecule has 1 atom stereocenters. The highest BCUT2D eigenvalue weighted by Gasteiger charge is 2.21. The first kappa shape index (κ1) is 31.2. The number of nitrogens with zero attached hydrogens (tertiary/aromatic N) is 3. The first-order chi connectivity index (χ1) is 17.2. The van der Waals surface area contributed by atoms with Crippen LogP contribution in [0.1, 0.15) is 72.4 Å². The third-order valence-corrected chi connectivity index (χ3v) is 5.51. The number of hydrogen-bond donors (Lipinski definition) is 2. The molecule has 0 bridgehead atoms. The maximum absolute atomic E-state index is 10.5. The zero-order valence-electron chi connectivity index (χ0n) is 23.3. The maximum Gasteiger partial charge on any atom is 0.212 e. The molecular formula is C30H46N4O2. The highest BCUT2D eigenvalue weighted by atomic mass is 16.3. The van der Waals surface area contributed by atoms with Crippen LogP contribution in [-0.2, 0) is 4.79 Å². The van der Waals surface area contributed by atoms with Crippen LogP contribution in [0.5, 0.6) is 0 Å². The minimum absolute atomic E-state index is 0.491. The normalized spacial score (nSPS) is 14.4. The van der Waals surface area contributed by atoms with Gasteiger partial charge in [0.15, 0.2) is 0 Å². The van der Waals surface area contributed by atoms with Crippen LogP contribution in [0.3, 0.4) is 0 Å². The Morgan fingerprint density at radius 3 is 2.31 bits per heavy atom. The number of aliphatic hydroxyl groups excluding tert-OH is 1. The molecule has 0 radical (unpaired) electrons. The average Bonchev–Trinajstić information content (AvgIpc) is 3.64. The van der Waals surface area contributed by atoms with E-state index in [4.69, 9.17) is 0 Å². The molecule has 6 nitrogen and oxygen atoms in total. The number of amides is 1. The second-order valence-electron chi connectivity index (χ2n) is 9.57. The van der Waals surface area contributed by atoms with E-state index >= 15 is 0 Å². The molecule has 1 amide bonds. The molecule has 1 aliphatic rings. The van der Waals surface area contributed by atoms with Gasteiger partial charge in [0.2, 0.25) is 6.41 Å². The molecule has 1 aliphatic carbocycles. The molecule has 3 rings (SSSR count). The molecule has 6 heteroatoms. The lowest BCUT2D eigenvalue weighted by Gasteiger charge is -2.13. The van der Waals surface area contributed by atoms with Crippen molar-refractivity contribution in [2.45, 2.75) is 72.8 Å². The molecule has 1 saturated carbocycles. The third-order valence-electron chi connectivity index (χ3n) is 5.51. The van der Waals surface area contributed by atoms with Crippen molar-refractivity contribution in [3.8, 4) is 0 Å². The van der Waals surface area contributed by atoms with Gasteiger partial charge in [0.05, 0.1) is 11.8 Å². The van der Waals surface area contributed by atoms with Crippen molar-refractivity contribution >= 4 is 28.6 Å². The second-order valence-corrected chi connectivity index (χ2v) is 9.57. The number of carbonyl (C=O) groups is 1. The molecule has 198 valence electrons. The topological polar surface area (TPSA) is 78.3 Å². The van der Waals surface area contributed by atoms with Crippen molar-refractivity contribution in [2.24, 2.45) is 5.92 Å². The summed E-state index contributed by atoms with van der Waals surface area (Å²) < 4.78 is 0. The van der Waals surface area contributed by atoms with Crippen LogP contribution < -0.4 is 5.32 Å². The fourth-order valence-electron chi connectivity index (χ4n) is 3.63. The van der Waals surface area contributed by atoms with E-state index in [0.29, 0.717) is 24.2 Å². The summed E-state index contributed by atoms with van der Waals surface area (Å²) in [4.78, 5) is 21.6. The summed E-state index contributed by atoms with van der Waals surface area (Å²) in [5.74, 6) is 1.54. The fourth-order valence-corrected chi connectivity index (χ4v) is 3.63. The van der Waals surface area contributed by atoms with Gasteiger partial charge in [-0.25, -0.2) is 4.98 Å². The van der Waals surface area contributed by atoms with Crippen LogP contribution in [0.25, 0.3) is 16.3 Å². The van der Waals surface area contributed by atoms with Crippen LogP contribution in [0.15, 0.2) is 54.4 Å². The number of hydrogen-bond acceptors (Lipinski definition) is 5. The molecule has 1 unspecified atom stereocenters. The quantitative estimate of drug-likeness (QED) is 0.286. The number of anilines is 1. The SMILES string of the molecule is C=C(/C=C(C)\C(=C/C)c1cc2cnc(NC=O)cc2cn1)C(O)CCC.CCC.CN(C)CC1CC1. The van der Waals surface area contributed by atoms with Crippen molar-refractivity contribution in [2.75, 3.05) is 26.0 Å². The van der Waals surface area contributed by atoms with E-state index in [-0.39, 0.29) is 0 Å². The minimum Gasteiger partial charge on any atom is -0.388 e.